The van der Waals surface area contributed by atoms with Crippen LogP contribution in [0.15, 0.2) is 40.0 Å². The molecule has 0 bridgehead atoms. The van der Waals surface area contributed by atoms with E-state index in [1.54, 1.807) is 54.3 Å². The number of nitrogens with one attached hydrogen (secondary N) is 1. The number of carbonyl (C=O) groups excluding carboxylic acids is 1. The molecular weight excluding hydrogens is 616 g/mol. The maximum absolute atomic E-state index is 15.8. The minimum Gasteiger partial charge on any atom is -0.481 e. The SMILES string of the molecule is CCOC(=O)C1=C(CN2CC(F)(F)C3C2CN(C)N3CCC(C)(C)C(=O)O)NC(c2nccs2)=NC1c1ccc(F)c(F)c1C. The number of alkyl halides is 2. The number of thiazole rings is 1. The molecule has 244 valence electrons. The predicted octanol–water partition coefficient (Wildman–Crippen LogP) is 3.99. The molecule has 0 spiro atoms. The highest BCUT2D eigenvalue weighted by atomic mass is 32.1. The number of carbonyl (C=O) groups is 2. The topological polar surface area (TPSA) is 111 Å². The lowest BCUT2D eigenvalue weighted by molar-refractivity contribution is -0.149. The van der Waals surface area contributed by atoms with Gasteiger partial charge in [0.05, 0.1) is 24.1 Å². The molecule has 2 N–H and O–H groups in total. The van der Waals surface area contributed by atoms with Crippen LogP contribution < -0.4 is 5.32 Å². The normalized spacial score (nSPS) is 24.0. The number of likely N-dealkylation sites (N-methyl/N-ethyl adjacent to an activating group) is 1. The zero-order chi connectivity index (χ0) is 32.8. The molecule has 0 aliphatic carbocycles. The van der Waals surface area contributed by atoms with E-state index in [9.17, 15) is 23.5 Å². The summed E-state index contributed by atoms with van der Waals surface area (Å²) in [7, 11) is 1.69. The van der Waals surface area contributed by atoms with E-state index < -0.39 is 59.6 Å². The number of hydrogen-bond donors (Lipinski definition) is 2. The molecule has 3 unspecified atom stereocenters. The number of hydrazine groups is 1. The number of carboxylic acid groups (broad SMARTS) is 1. The molecule has 2 fully saturated rings. The maximum atomic E-state index is 15.8. The summed E-state index contributed by atoms with van der Waals surface area (Å²) in [5.41, 5.74) is -0.675. The first-order valence-corrected chi connectivity index (χ1v) is 15.5. The number of esters is 1. The molecule has 15 heteroatoms. The summed E-state index contributed by atoms with van der Waals surface area (Å²) in [6, 6.07) is -0.707. The van der Waals surface area contributed by atoms with Gasteiger partial charge in [0.1, 0.15) is 12.1 Å². The van der Waals surface area contributed by atoms with Crippen LogP contribution in [-0.2, 0) is 14.3 Å². The average Bonchev–Trinajstić information content (AvgIpc) is 3.68. The third-order valence-electron chi connectivity index (χ3n) is 8.73. The van der Waals surface area contributed by atoms with Crippen LogP contribution in [0.2, 0.25) is 0 Å². The highest BCUT2D eigenvalue weighted by molar-refractivity contribution is 7.11. The number of benzene rings is 1. The van der Waals surface area contributed by atoms with Gasteiger partial charge >= 0.3 is 11.9 Å². The van der Waals surface area contributed by atoms with Crippen LogP contribution in [-0.4, -0.2) is 101 Å². The van der Waals surface area contributed by atoms with E-state index in [4.69, 9.17) is 9.73 Å². The van der Waals surface area contributed by atoms with Crippen LogP contribution in [0.5, 0.6) is 0 Å². The van der Waals surface area contributed by atoms with Gasteiger partial charge in [-0.3, -0.25) is 14.7 Å². The van der Waals surface area contributed by atoms with Crippen molar-refractivity contribution < 1.29 is 37.0 Å². The predicted molar refractivity (Wildman–Crippen MR) is 159 cm³/mol. The van der Waals surface area contributed by atoms with Crippen molar-refractivity contribution >= 4 is 29.1 Å². The minimum absolute atomic E-state index is 0.00412. The van der Waals surface area contributed by atoms with Gasteiger partial charge in [0, 0.05) is 50.0 Å². The lowest BCUT2D eigenvalue weighted by Crippen LogP contribution is -2.49. The number of likely N-dealkylation sites (tertiary alicyclic amines) is 1. The summed E-state index contributed by atoms with van der Waals surface area (Å²) in [5.74, 6) is -6.81. The quantitative estimate of drug-likeness (QED) is 0.291. The average molecular weight is 653 g/mol. The van der Waals surface area contributed by atoms with E-state index in [0.29, 0.717) is 5.01 Å². The van der Waals surface area contributed by atoms with Gasteiger partial charge in [-0.15, -0.1) is 11.3 Å². The molecule has 45 heavy (non-hydrogen) atoms. The molecule has 1 aromatic heterocycles. The molecule has 2 saturated heterocycles. The fourth-order valence-corrected chi connectivity index (χ4v) is 6.76. The molecule has 5 rings (SSSR count). The zero-order valence-electron chi connectivity index (χ0n) is 25.6. The van der Waals surface area contributed by atoms with Gasteiger partial charge in [0.15, 0.2) is 22.5 Å². The lowest BCUT2D eigenvalue weighted by atomic mass is 9.89. The second-order valence-electron chi connectivity index (χ2n) is 12.2. The first-order valence-electron chi connectivity index (χ1n) is 14.6. The number of carboxylic acids is 1. The summed E-state index contributed by atoms with van der Waals surface area (Å²) in [6.07, 6.45) is 1.72. The standard InChI is InChI=1S/C30H36F4N6O4S/c1-6-44-27(41)21-19(36-25(26-35-10-12-45-26)37-23(21)17-7-8-18(31)22(32)16(17)2)13-39-15-30(33,34)24-20(39)14-38(5)40(24)11-9-29(3,4)28(42)43/h7-8,10,12,20,23-24H,6,9,11,13-15H2,1-5H3,(H,36,37)(H,42,43). The molecule has 0 radical (unpaired) electrons. The Bertz CT molecular complexity index is 1530. The van der Waals surface area contributed by atoms with Crippen molar-refractivity contribution in [1.29, 1.82) is 0 Å². The molecule has 3 aliphatic rings. The molecular formula is C30H36F4N6O4S. The number of aliphatic carboxylic acids is 1. The third-order valence-corrected chi connectivity index (χ3v) is 9.51. The molecule has 4 heterocycles. The Morgan fingerprint density at radius 3 is 2.64 bits per heavy atom. The number of amidine groups is 1. The van der Waals surface area contributed by atoms with Gasteiger partial charge in [-0.25, -0.2) is 37.4 Å². The largest absolute Gasteiger partial charge is 0.481 e. The fourth-order valence-electron chi connectivity index (χ4n) is 6.18. The summed E-state index contributed by atoms with van der Waals surface area (Å²) in [4.78, 5) is 35.8. The Labute approximate surface area is 262 Å². The second-order valence-corrected chi connectivity index (χ2v) is 13.0. The number of aliphatic imine (C=N–C) groups is 1. The molecule has 0 saturated carbocycles. The zero-order valence-corrected chi connectivity index (χ0v) is 26.4. The summed E-state index contributed by atoms with van der Waals surface area (Å²) in [5, 5.41) is 18.1. The van der Waals surface area contributed by atoms with Crippen molar-refractivity contribution in [3.8, 4) is 0 Å². The van der Waals surface area contributed by atoms with Crippen molar-refractivity contribution in [1.82, 2.24) is 25.2 Å². The molecule has 0 amide bonds. The van der Waals surface area contributed by atoms with Crippen molar-refractivity contribution in [3.63, 3.8) is 0 Å². The van der Waals surface area contributed by atoms with E-state index in [-0.39, 0.29) is 60.9 Å². The molecule has 2 aromatic rings. The number of halogens is 4. The van der Waals surface area contributed by atoms with Gasteiger partial charge in [0.25, 0.3) is 5.92 Å². The van der Waals surface area contributed by atoms with Gasteiger partial charge in [0.2, 0.25) is 0 Å². The van der Waals surface area contributed by atoms with Crippen molar-refractivity contribution in [3.05, 3.63) is 62.7 Å². The van der Waals surface area contributed by atoms with E-state index in [2.05, 4.69) is 10.3 Å². The van der Waals surface area contributed by atoms with Crippen LogP contribution in [0, 0.1) is 24.0 Å². The molecule has 3 atom stereocenters. The van der Waals surface area contributed by atoms with Crippen LogP contribution >= 0.6 is 11.3 Å². The minimum atomic E-state index is -3.16. The molecule has 10 nitrogen and oxygen atoms in total. The summed E-state index contributed by atoms with van der Waals surface area (Å²) < 4.78 is 65.9. The maximum Gasteiger partial charge on any atom is 0.338 e. The first kappa shape index (κ1) is 33.0. The highest BCUT2D eigenvalue weighted by Crippen LogP contribution is 2.43. The van der Waals surface area contributed by atoms with Crippen molar-refractivity contribution in [2.24, 2.45) is 10.4 Å². The van der Waals surface area contributed by atoms with Gasteiger partial charge in [-0.1, -0.05) is 6.07 Å². The number of hydrogen-bond acceptors (Lipinski definition) is 10. The first-order chi connectivity index (χ1) is 21.2. The number of rotatable bonds is 10. The van der Waals surface area contributed by atoms with Crippen LogP contribution in [0.4, 0.5) is 17.6 Å². The van der Waals surface area contributed by atoms with E-state index in [1.165, 1.54) is 24.3 Å². The van der Waals surface area contributed by atoms with E-state index in [1.807, 2.05) is 0 Å². The van der Waals surface area contributed by atoms with E-state index >= 15 is 8.78 Å². The monoisotopic (exact) mass is 652 g/mol. The van der Waals surface area contributed by atoms with Crippen molar-refractivity contribution in [2.45, 2.75) is 58.2 Å². The van der Waals surface area contributed by atoms with Crippen LogP contribution in [0.25, 0.3) is 0 Å². The number of nitrogens with zero attached hydrogens (tertiary/aromatic N) is 5. The van der Waals surface area contributed by atoms with Gasteiger partial charge in [-0.2, -0.15) is 0 Å². The Kier molecular flexibility index (Phi) is 9.10. The Balaban J connectivity index is 1.54. The number of aromatic nitrogens is 1. The smallest absolute Gasteiger partial charge is 0.338 e. The third kappa shape index (κ3) is 6.22. The Morgan fingerprint density at radius 2 is 2.00 bits per heavy atom. The fraction of sp³-hybridized carbons (Fsp3) is 0.533. The lowest BCUT2D eigenvalue weighted by Gasteiger charge is -2.33. The van der Waals surface area contributed by atoms with Gasteiger partial charge in [-0.05, 0) is 51.3 Å². The second kappa shape index (κ2) is 12.4. The van der Waals surface area contributed by atoms with E-state index in [0.717, 1.165) is 6.07 Å². The van der Waals surface area contributed by atoms with Crippen molar-refractivity contribution in [2.75, 3.05) is 39.8 Å². The Morgan fingerprint density at radius 1 is 1.27 bits per heavy atom. The highest BCUT2D eigenvalue weighted by Gasteiger charge is 2.61. The van der Waals surface area contributed by atoms with Crippen LogP contribution in [0.1, 0.15) is 49.4 Å². The van der Waals surface area contributed by atoms with Crippen LogP contribution in [0.3, 0.4) is 0 Å². The number of fused-ring (bicyclic) bond motifs is 1. The Hall–Kier alpha value is -3.40. The summed E-state index contributed by atoms with van der Waals surface area (Å²) in [6.45, 7) is 5.77. The molecule has 3 aliphatic heterocycles. The molecule has 1 aromatic carbocycles. The van der Waals surface area contributed by atoms with Gasteiger partial charge < -0.3 is 15.2 Å². The summed E-state index contributed by atoms with van der Waals surface area (Å²) >= 11 is 1.26. The number of ether oxygens (including phenoxy) is 1.